The van der Waals surface area contributed by atoms with Crippen LogP contribution in [0.2, 0.25) is 5.02 Å². The molecular formula is C13H18ClNO3S. The van der Waals surface area contributed by atoms with Gasteiger partial charge in [-0.05, 0) is 37.0 Å². The van der Waals surface area contributed by atoms with Gasteiger partial charge in [-0.2, -0.15) is 4.31 Å². The van der Waals surface area contributed by atoms with Crippen molar-refractivity contribution in [3.63, 3.8) is 0 Å². The lowest BCUT2D eigenvalue weighted by molar-refractivity contribution is 0.0605. The maximum absolute atomic E-state index is 12.6. The standard InChI is InChI=1S/C13H18ClNO3S/c1-9-6-7-15(8-12(9)16)19(17,18)13-5-3-4-11(14)10(13)2/h3-5,9,12,16H,6-8H2,1-2H3. The molecule has 0 spiro atoms. The second-order valence-electron chi connectivity index (χ2n) is 5.06. The monoisotopic (exact) mass is 303 g/mol. The predicted octanol–water partition coefficient (Wildman–Crippen LogP) is 2.04. The van der Waals surface area contributed by atoms with Crippen LogP contribution < -0.4 is 0 Å². The molecule has 1 heterocycles. The molecule has 0 aliphatic carbocycles. The number of benzene rings is 1. The molecule has 1 aliphatic rings. The molecule has 2 atom stereocenters. The molecule has 1 aromatic rings. The summed E-state index contributed by atoms with van der Waals surface area (Å²) >= 11 is 5.98. The van der Waals surface area contributed by atoms with Crippen molar-refractivity contribution < 1.29 is 13.5 Å². The molecule has 2 unspecified atom stereocenters. The Bertz CT molecular complexity index is 573. The van der Waals surface area contributed by atoms with E-state index in [4.69, 9.17) is 11.6 Å². The molecule has 0 bridgehead atoms. The number of nitrogens with zero attached hydrogens (tertiary/aromatic N) is 1. The predicted molar refractivity (Wildman–Crippen MR) is 74.7 cm³/mol. The summed E-state index contributed by atoms with van der Waals surface area (Å²) in [5.74, 6) is 0.131. The SMILES string of the molecule is Cc1c(Cl)cccc1S(=O)(=O)N1CCC(C)C(O)C1. The van der Waals surface area contributed by atoms with Crippen molar-refractivity contribution in [3.8, 4) is 0 Å². The van der Waals surface area contributed by atoms with E-state index in [1.165, 1.54) is 4.31 Å². The molecule has 0 saturated carbocycles. The van der Waals surface area contributed by atoms with Crippen molar-refractivity contribution in [2.75, 3.05) is 13.1 Å². The summed E-state index contributed by atoms with van der Waals surface area (Å²) in [7, 11) is -3.58. The highest BCUT2D eigenvalue weighted by molar-refractivity contribution is 7.89. The molecule has 6 heteroatoms. The largest absolute Gasteiger partial charge is 0.391 e. The van der Waals surface area contributed by atoms with Crippen molar-refractivity contribution >= 4 is 21.6 Å². The summed E-state index contributed by atoms with van der Waals surface area (Å²) in [6.07, 6.45) is 0.0584. The van der Waals surface area contributed by atoms with Crippen molar-refractivity contribution in [3.05, 3.63) is 28.8 Å². The van der Waals surface area contributed by atoms with E-state index < -0.39 is 16.1 Å². The number of aliphatic hydroxyl groups excluding tert-OH is 1. The first-order valence-electron chi connectivity index (χ1n) is 6.27. The fourth-order valence-corrected chi connectivity index (χ4v) is 4.20. The topological polar surface area (TPSA) is 57.6 Å². The zero-order valence-corrected chi connectivity index (χ0v) is 12.6. The van der Waals surface area contributed by atoms with Gasteiger partial charge < -0.3 is 5.11 Å². The number of piperidine rings is 1. The number of hydrogen-bond acceptors (Lipinski definition) is 3. The van der Waals surface area contributed by atoms with Gasteiger partial charge in [0.2, 0.25) is 10.0 Å². The fraction of sp³-hybridized carbons (Fsp3) is 0.538. The maximum atomic E-state index is 12.6. The highest BCUT2D eigenvalue weighted by atomic mass is 35.5. The van der Waals surface area contributed by atoms with Crippen LogP contribution in [0.1, 0.15) is 18.9 Å². The van der Waals surface area contributed by atoms with E-state index in [0.717, 1.165) is 0 Å². The van der Waals surface area contributed by atoms with Crippen LogP contribution >= 0.6 is 11.6 Å². The molecule has 19 heavy (non-hydrogen) atoms. The van der Waals surface area contributed by atoms with E-state index in [1.807, 2.05) is 6.92 Å². The average Bonchev–Trinajstić information content (AvgIpc) is 2.35. The number of β-amino-alcohol motifs (C(OH)–C–C–N with tert-alkyl or cyclic N) is 1. The van der Waals surface area contributed by atoms with Crippen molar-refractivity contribution in [2.24, 2.45) is 5.92 Å². The third-order valence-corrected chi connectivity index (χ3v) is 6.14. The van der Waals surface area contributed by atoms with Crippen LogP contribution in [0, 0.1) is 12.8 Å². The van der Waals surface area contributed by atoms with Gasteiger partial charge in [0.1, 0.15) is 0 Å². The normalized spacial score (nSPS) is 25.5. The smallest absolute Gasteiger partial charge is 0.243 e. The third kappa shape index (κ3) is 2.79. The van der Waals surface area contributed by atoms with E-state index in [9.17, 15) is 13.5 Å². The molecule has 1 N–H and O–H groups in total. The summed E-state index contributed by atoms with van der Waals surface area (Å²) in [4.78, 5) is 0.224. The zero-order valence-electron chi connectivity index (χ0n) is 11.0. The van der Waals surface area contributed by atoms with Crippen LogP contribution in [0.4, 0.5) is 0 Å². The van der Waals surface area contributed by atoms with Gasteiger partial charge in [-0.25, -0.2) is 8.42 Å². The third-order valence-electron chi connectivity index (χ3n) is 3.72. The quantitative estimate of drug-likeness (QED) is 0.909. The minimum Gasteiger partial charge on any atom is -0.391 e. The first-order chi connectivity index (χ1) is 8.84. The summed E-state index contributed by atoms with van der Waals surface area (Å²) < 4.78 is 26.5. The Morgan fingerprint density at radius 2 is 2.11 bits per heavy atom. The molecule has 0 amide bonds. The fourth-order valence-electron chi connectivity index (χ4n) is 2.24. The van der Waals surface area contributed by atoms with Gasteiger partial charge in [0, 0.05) is 18.1 Å². The van der Waals surface area contributed by atoms with Gasteiger partial charge >= 0.3 is 0 Å². The van der Waals surface area contributed by atoms with Crippen LogP contribution in [0.5, 0.6) is 0 Å². The van der Waals surface area contributed by atoms with Gasteiger partial charge in [-0.15, -0.1) is 0 Å². The highest BCUT2D eigenvalue weighted by Gasteiger charge is 2.33. The summed E-state index contributed by atoms with van der Waals surface area (Å²) in [5.41, 5.74) is 0.553. The number of sulfonamides is 1. The Labute approximate surface area is 119 Å². The van der Waals surface area contributed by atoms with Gasteiger partial charge in [0.15, 0.2) is 0 Å². The van der Waals surface area contributed by atoms with E-state index in [1.54, 1.807) is 25.1 Å². The number of halogens is 1. The zero-order chi connectivity index (χ0) is 14.2. The molecule has 1 saturated heterocycles. The summed E-state index contributed by atoms with van der Waals surface area (Å²) in [5, 5.41) is 10.3. The average molecular weight is 304 g/mol. The maximum Gasteiger partial charge on any atom is 0.243 e. The van der Waals surface area contributed by atoms with Crippen molar-refractivity contribution in [2.45, 2.75) is 31.3 Å². The molecule has 1 aliphatic heterocycles. The van der Waals surface area contributed by atoms with E-state index in [0.29, 0.717) is 23.6 Å². The number of hydrogen-bond donors (Lipinski definition) is 1. The van der Waals surface area contributed by atoms with Crippen LogP contribution in [-0.2, 0) is 10.0 Å². The molecule has 1 aromatic carbocycles. The first kappa shape index (κ1) is 14.8. The molecule has 4 nitrogen and oxygen atoms in total. The van der Waals surface area contributed by atoms with Crippen LogP contribution in [0.15, 0.2) is 23.1 Å². The Kier molecular flexibility index (Phi) is 4.20. The van der Waals surface area contributed by atoms with E-state index in [2.05, 4.69) is 0 Å². The van der Waals surface area contributed by atoms with Crippen LogP contribution in [0.25, 0.3) is 0 Å². The lowest BCUT2D eigenvalue weighted by Crippen LogP contribution is -2.45. The van der Waals surface area contributed by atoms with Gasteiger partial charge in [-0.3, -0.25) is 0 Å². The Hall–Kier alpha value is -0.620. The Balaban J connectivity index is 2.35. The molecule has 2 rings (SSSR count). The lowest BCUT2D eigenvalue weighted by Gasteiger charge is -2.33. The summed E-state index contributed by atoms with van der Waals surface area (Å²) in [6, 6.07) is 4.86. The minimum atomic E-state index is -3.58. The van der Waals surface area contributed by atoms with Crippen molar-refractivity contribution in [1.29, 1.82) is 0 Å². The minimum absolute atomic E-state index is 0.131. The van der Waals surface area contributed by atoms with E-state index >= 15 is 0 Å². The molecule has 0 aromatic heterocycles. The number of aliphatic hydroxyl groups is 1. The summed E-state index contributed by atoms with van der Waals surface area (Å²) in [6.45, 7) is 4.21. The molecule has 106 valence electrons. The Morgan fingerprint density at radius 1 is 1.42 bits per heavy atom. The van der Waals surface area contributed by atoms with Gasteiger partial charge in [0.05, 0.1) is 11.0 Å². The van der Waals surface area contributed by atoms with E-state index in [-0.39, 0.29) is 17.4 Å². The van der Waals surface area contributed by atoms with Crippen LogP contribution in [0.3, 0.4) is 0 Å². The number of rotatable bonds is 2. The van der Waals surface area contributed by atoms with Crippen molar-refractivity contribution in [1.82, 2.24) is 4.31 Å². The Morgan fingerprint density at radius 3 is 2.74 bits per heavy atom. The second kappa shape index (κ2) is 5.40. The lowest BCUT2D eigenvalue weighted by atomic mass is 9.98. The van der Waals surface area contributed by atoms with Gasteiger partial charge in [0.25, 0.3) is 0 Å². The van der Waals surface area contributed by atoms with Crippen LogP contribution in [-0.4, -0.2) is 37.0 Å². The molecule has 1 fully saturated rings. The highest BCUT2D eigenvalue weighted by Crippen LogP contribution is 2.28. The van der Waals surface area contributed by atoms with Gasteiger partial charge in [-0.1, -0.05) is 24.6 Å². The molecule has 0 radical (unpaired) electrons. The second-order valence-corrected chi connectivity index (χ2v) is 7.37. The first-order valence-corrected chi connectivity index (χ1v) is 8.09. The molecular weight excluding hydrogens is 286 g/mol.